The topological polar surface area (TPSA) is 43.9 Å². The summed E-state index contributed by atoms with van der Waals surface area (Å²) < 4.78 is 0. The molecule has 0 radical (unpaired) electrons. The third-order valence-corrected chi connectivity index (χ3v) is 6.28. The van der Waals surface area contributed by atoms with Gasteiger partial charge >= 0.3 is 0 Å². The van der Waals surface area contributed by atoms with E-state index in [4.69, 9.17) is 11.6 Å². The van der Waals surface area contributed by atoms with Crippen molar-refractivity contribution in [1.29, 1.82) is 0 Å². The Labute approximate surface area is 176 Å². The van der Waals surface area contributed by atoms with Gasteiger partial charge in [0.1, 0.15) is 0 Å². The lowest BCUT2D eigenvalue weighted by Gasteiger charge is -2.36. The summed E-state index contributed by atoms with van der Waals surface area (Å²) in [5.41, 5.74) is 3.04. The van der Waals surface area contributed by atoms with E-state index >= 15 is 0 Å². The predicted molar refractivity (Wildman–Crippen MR) is 115 cm³/mol. The van der Waals surface area contributed by atoms with Gasteiger partial charge in [0, 0.05) is 56.4 Å². The van der Waals surface area contributed by atoms with E-state index in [1.54, 1.807) is 4.90 Å². The molecule has 2 aliphatic heterocycles. The van der Waals surface area contributed by atoms with Gasteiger partial charge in [-0.05, 0) is 30.2 Å². The number of halogens is 1. The molecule has 2 fully saturated rings. The zero-order valence-electron chi connectivity index (χ0n) is 16.7. The number of hydrogen-bond acceptors (Lipinski definition) is 3. The first-order valence-electron chi connectivity index (χ1n) is 10.1. The molecule has 0 spiro atoms. The van der Waals surface area contributed by atoms with Gasteiger partial charge in [-0.3, -0.25) is 14.5 Å². The second-order valence-electron chi connectivity index (χ2n) is 7.93. The molecule has 2 saturated heterocycles. The fourth-order valence-corrected chi connectivity index (χ4v) is 4.27. The van der Waals surface area contributed by atoms with E-state index in [9.17, 15) is 9.59 Å². The minimum atomic E-state index is -0.275. The van der Waals surface area contributed by atoms with Crippen molar-refractivity contribution in [2.75, 3.05) is 37.6 Å². The molecule has 2 aromatic rings. The van der Waals surface area contributed by atoms with Crippen LogP contribution in [0.25, 0.3) is 0 Å². The Balaban J connectivity index is 1.33. The van der Waals surface area contributed by atoms with Gasteiger partial charge in [-0.15, -0.1) is 0 Å². The highest BCUT2D eigenvalue weighted by atomic mass is 35.5. The summed E-state index contributed by atoms with van der Waals surface area (Å²) in [7, 11) is 0. The standard InChI is InChI=1S/C23H26ClN3O2/c1-17-7-8-20(14-21(17)24)27-16-19(13-22(27)28)23(29)26-11-9-25(10-12-26)15-18-5-3-2-4-6-18/h2-8,14,19H,9-13,15-16H2,1H3/t19-/m0/s1. The second-order valence-corrected chi connectivity index (χ2v) is 8.33. The molecular formula is C23H26ClN3O2. The number of anilines is 1. The smallest absolute Gasteiger partial charge is 0.228 e. The van der Waals surface area contributed by atoms with Crippen molar-refractivity contribution in [2.45, 2.75) is 19.9 Å². The van der Waals surface area contributed by atoms with Gasteiger partial charge in [-0.1, -0.05) is 48.0 Å². The van der Waals surface area contributed by atoms with Gasteiger partial charge in [0.2, 0.25) is 11.8 Å². The highest BCUT2D eigenvalue weighted by Gasteiger charge is 2.38. The molecule has 2 amide bonds. The summed E-state index contributed by atoms with van der Waals surface area (Å²) in [5.74, 6) is -0.187. The van der Waals surface area contributed by atoms with Crippen LogP contribution in [-0.2, 0) is 16.1 Å². The van der Waals surface area contributed by atoms with Gasteiger partial charge < -0.3 is 9.80 Å². The molecular weight excluding hydrogens is 386 g/mol. The highest BCUT2D eigenvalue weighted by Crippen LogP contribution is 2.29. The minimum absolute atomic E-state index is 0.00835. The SMILES string of the molecule is Cc1ccc(N2C[C@@H](C(=O)N3CCN(Cc4ccccc4)CC3)CC2=O)cc1Cl. The summed E-state index contributed by atoms with van der Waals surface area (Å²) >= 11 is 6.21. The first kappa shape index (κ1) is 19.9. The third kappa shape index (κ3) is 4.46. The van der Waals surface area contributed by atoms with Crippen molar-refractivity contribution in [3.8, 4) is 0 Å². The van der Waals surface area contributed by atoms with Crippen LogP contribution < -0.4 is 4.90 Å². The number of carbonyl (C=O) groups excluding carboxylic acids is 2. The number of amides is 2. The predicted octanol–water partition coefficient (Wildman–Crippen LogP) is 3.35. The zero-order valence-corrected chi connectivity index (χ0v) is 17.4. The number of carbonyl (C=O) groups is 2. The highest BCUT2D eigenvalue weighted by molar-refractivity contribution is 6.31. The van der Waals surface area contributed by atoms with Crippen LogP contribution in [0.4, 0.5) is 5.69 Å². The van der Waals surface area contributed by atoms with Gasteiger partial charge in [0.25, 0.3) is 0 Å². The fourth-order valence-electron chi connectivity index (χ4n) is 4.10. The van der Waals surface area contributed by atoms with E-state index in [0.717, 1.165) is 30.9 Å². The molecule has 0 N–H and O–H groups in total. The Kier molecular flexibility index (Phi) is 5.88. The Morgan fingerprint density at radius 2 is 1.79 bits per heavy atom. The summed E-state index contributed by atoms with van der Waals surface area (Å²) in [6.07, 6.45) is 0.272. The van der Waals surface area contributed by atoms with Crippen molar-refractivity contribution >= 4 is 29.1 Å². The number of hydrogen-bond donors (Lipinski definition) is 0. The van der Waals surface area contributed by atoms with Crippen LogP contribution in [0.1, 0.15) is 17.5 Å². The van der Waals surface area contributed by atoms with E-state index in [1.807, 2.05) is 36.1 Å². The second kappa shape index (κ2) is 8.56. The van der Waals surface area contributed by atoms with Crippen molar-refractivity contribution in [2.24, 2.45) is 5.92 Å². The maximum Gasteiger partial charge on any atom is 0.228 e. The van der Waals surface area contributed by atoms with Crippen molar-refractivity contribution in [3.05, 3.63) is 64.7 Å². The zero-order chi connectivity index (χ0) is 20.4. The average molecular weight is 412 g/mol. The van der Waals surface area contributed by atoms with Crippen molar-refractivity contribution in [3.63, 3.8) is 0 Å². The molecule has 0 aromatic heterocycles. The number of rotatable bonds is 4. The van der Waals surface area contributed by atoms with Gasteiger partial charge in [-0.25, -0.2) is 0 Å². The Bertz CT molecular complexity index is 894. The molecule has 2 aliphatic rings. The molecule has 29 heavy (non-hydrogen) atoms. The summed E-state index contributed by atoms with van der Waals surface area (Å²) in [4.78, 5) is 31.5. The fraction of sp³-hybridized carbons (Fsp3) is 0.391. The lowest BCUT2D eigenvalue weighted by molar-refractivity contribution is -0.137. The molecule has 0 aliphatic carbocycles. The third-order valence-electron chi connectivity index (χ3n) is 5.87. The van der Waals surface area contributed by atoms with Gasteiger partial charge in [0.15, 0.2) is 0 Å². The van der Waals surface area contributed by atoms with E-state index in [-0.39, 0.29) is 24.2 Å². The monoisotopic (exact) mass is 411 g/mol. The summed E-state index contributed by atoms with van der Waals surface area (Å²) in [6, 6.07) is 16.0. The molecule has 2 heterocycles. The number of piperazine rings is 1. The Morgan fingerprint density at radius 1 is 1.07 bits per heavy atom. The van der Waals surface area contributed by atoms with E-state index < -0.39 is 0 Å². The first-order chi connectivity index (χ1) is 14.0. The van der Waals surface area contributed by atoms with Crippen molar-refractivity contribution in [1.82, 2.24) is 9.80 Å². The Morgan fingerprint density at radius 3 is 2.48 bits per heavy atom. The largest absolute Gasteiger partial charge is 0.340 e. The van der Waals surface area contributed by atoms with Gasteiger partial charge in [0.05, 0.1) is 5.92 Å². The molecule has 0 unspecified atom stereocenters. The van der Waals surface area contributed by atoms with Crippen LogP contribution >= 0.6 is 11.6 Å². The normalized spacial score (nSPS) is 20.3. The molecule has 0 bridgehead atoms. The summed E-state index contributed by atoms with van der Waals surface area (Å²) in [5, 5.41) is 0.639. The number of nitrogens with zero attached hydrogens (tertiary/aromatic N) is 3. The van der Waals surface area contributed by atoms with E-state index in [1.165, 1.54) is 5.56 Å². The minimum Gasteiger partial charge on any atom is -0.340 e. The molecule has 1 atom stereocenters. The lowest BCUT2D eigenvalue weighted by Crippen LogP contribution is -2.50. The average Bonchev–Trinajstić information content (AvgIpc) is 3.12. The number of aryl methyl sites for hydroxylation is 1. The molecule has 4 rings (SSSR count). The molecule has 152 valence electrons. The summed E-state index contributed by atoms with van der Waals surface area (Å²) in [6.45, 7) is 6.42. The quantitative estimate of drug-likeness (QED) is 0.775. The lowest BCUT2D eigenvalue weighted by atomic mass is 10.1. The maximum atomic E-state index is 13.0. The molecule has 0 saturated carbocycles. The molecule has 2 aromatic carbocycles. The van der Waals surface area contributed by atoms with Crippen LogP contribution in [0.2, 0.25) is 5.02 Å². The van der Waals surface area contributed by atoms with Crippen molar-refractivity contribution < 1.29 is 9.59 Å². The first-order valence-corrected chi connectivity index (χ1v) is 10.5. The number of benzene rings is 2. The van der Waals surface area contributed by atoms with Crippen LogP contribution in [0.3, 0.4) is 0 Å². The maximum absolute atomic E-state index is 13.0. The molecule has 6 heteroatoms. The van der Waals surface area contributed by atoms with E-state index in [2.05, 4.69) is 29.2 Å². The van der Waals surface area contributed by atoms with Gasteiger partial charge in [-0.2, -0.15) is 0 Å². The van der Waals surface area contributed by atoms with E-state index in [0.29, 0.717) is 24.7 Å². The van der Waals surface area contributed by atoms with Crippen LogP contribution in [-0.4, -0.2) is 54.3 Å². The van der Waals surface area contributed by atoms with Crippen LogP contribution in [0, 0.1) is 12.8 Å². The molecule has 5 nitrogen and oxygen atoms in total. The van der Waals surface area contributed by atoms with Crippen LogP contribution in [0.5, 0.6) is 0 Å². The van der Waals surface area contributed by atoms with Crippen LogP contribution in [0.15, 0.2) is 48.5 Å². The Hall–Kier alpha value is -2.37.